The smallest absolute Gasteiger partial charge is 0.335 e. The van der Waals surface area contributed by atoms with E-state index in [4.69, 9.17) is 5.11 Å². The number of hydrogen-bond acceptors (Lipinski definition) is 3. The van der Waals surface area contributed by atoms with Crippen LogP contribution in [0.5, 0.6) is 0 Å². The van der Waals surface area contributed by atoms with E-state index in [1.807, 2.05) is 0 Å². The number of aromatic nitrogens is 2. The predicted molar refractivity (Wildman–Crippen MR) is 76.8 cm³/mol. The molecule has 1 aromatic heterocycles. The summed E-state index contributed by atoms with van der Waals surface area (Å²) in [5, 5.41) is 12.0. The molecule has 0 unspecified atom stereocenters. The van der Waals surface area contributed by atoms with Crippen molar-refractivity contribution in [3.05, 3.63) is 59.4 Å². The lowest BCUT2D eigenvalue weighted by Crippen LogP contribution is -2.00. The summed E-state index contributed by atoms with van der Waals surface area (Å²) in [6.45, 7) is 0.420. The first-order valence-electron chi connectivity index (χ1n) is 6.33. The molecule has 0 bridgehead atoms. The summed E-state index contributed by atoms with van der Waals surface area (Å²) in [5.74, 6) is -0.762. The second-order valence-corrected chi connectivity index (χ2v) is 4.61. The van der Waals surface area contributed by atoms with Crippen molar-refractivity contribution in [1.29, 1.82) is 0 Å². The molecule has 0 amide bonds. The number of carbonyl (C=O) groups is 1. The predicted octanol–water partition coefficient (Wildman–Crippen LogP) is 3.01. The van der Waals surface area contributed by atoms with Gasteiger partial charge in [-0.15, -0.1) is 0 Å². The minimum absolute atomic E-state index is 0.197. The van der Waals surface area contributed by atoms with E-state index in [0.717, 1.165) is 5.56 Å². The first-order chi connectivity index (χ1) is 10.1. The number of rotatable bonds is 4. The lowest BCUT2D eigenvalue weighted by atomic mass is 10.2. The highest BCUT2D eigenvalue weighted by Gasteiger charge is 2.07. The third kappa shape index (κ3) is 2.84. The van der Waals surface area contributed by atoms with E-state index in [0.29, 0.717) is 23.5 Å². The Kier molecular flexibility index (Phi) is 3.27. The van der Waals surface area contributed by atoms with Crippen LogP contribution < -0.4 is 5.32 Å². The number of aromatic amines is 1. The maximum atomic E-state index is 13.1. The normalized spacial score (nSPS) is 10.7. The van der Waals surface area contributed by atoms with Crippen molar-refractivity contribution in [3.8, 4) is 0 Å². The number of H-pyrrole nitrogens is 1. The van der Waals surface area contributed by atoms with Crippen LogP contribution in [0, 0.1) is 5.82 Å². The molecule has 0 saturated heterocycles. The van der Waals surface area contributed by atoms with Crippen LogP contribution in [0.25, 0.3) is 11.0 Å². The van der Waals surface area contributed by atoms with Gasteiger partial charge in [-0.3, -0.25) is 0 Å². The quantitative estimate of drug-likeness (QED) is 0.688. The van der Waals surface area contributed by atoms with E-state index in [2.05, 4.69) is 15.3 Å². The number of hydrogen-bond donors (Lipinski definition) is 3. The van der Waals surface area contributed by atoms with Crippen LogP contribution in [-0.2, 0) is 6.54 Å². The van der Waals surface area contributed by atoms with Gasteiger partial charge in [-0.2, -0.15) is 0 Å². The van der Waals surface area contributed by atoms with Crippen molar-refractivity contribution in [2.75, 3.05) is 5.32 Å². The maximum Gasteiger partial charge on any atom is 0.335 e. The molecule has 0 aliphatic carbocycles. The van der Waals surface area contributed by atoms with Gasteiger partial charge in [-0.05, 0) is 35.9 Å². The number of nitrogens with one attached hydrogen (secondary N) is 2. The fraction of sp³-hybridized carbons (Fsp3) is 0.0667. The van der Waals surface area contributed by atoms with Crippen molar-refractivity contribution in [3.63, 3.8) is 0 Å². The molecule has 3 rings (SSSR count). The molecule has 3 aromatic rings. The molecule has 0 aliphatic rings. The van der Waals surface area contributed by atoms with Crippen molar-refractivity contribution in [1.82, 2.24) is 9.97 Å². The average molecular weight is 285 g/mol. The number of carboxylic acids is 1. The van der Waals surface area contributed by atoms with Gasteiger partial charge in [0.05, 0.1) is 16.6 Å². The van der Waals surface area contributed by atoms with Crippen LogP contribution in [0.1, 0.15) is 15.9 Å². The number of benzene rings is 2. The van der Waals surface area contributed by atoms with Gasteiger partial charge < -0.3 is 15.4 Å². The fourth-order valence-corrected chi connectivity index (χ4v) is 2.06. The molecule has 0 radical (unpaired) electrons. The molecular weight excluding hydrogens is 273 g/mol. The topological polar surface area (TPSA) is 78.0 Å². The average Bonchev–Trinajstić information content (AvgIpc) is 2.87. The highest BCUT2D eigenvalue weighted by molar-refractivity contribution is 5.92. The summed E-state index contributed by atoms with van der Waals surface area (Å²) >= 11 is 0. The highest BCUT2D eigenvalue weighted by Crippen LogP contribution is 2.17. The van der Waals surface area contributed by atoms with Gasteiger partial charge in [0.15, 0.2) is 0 Å². The number of fused-ring (bicyclic) bond motifs is 1. The van der Waals surface area contributed by atoms with E-state index in [-0.39, 0.29) is 11.4 Å². The number of nitrogens with zero attached hydrogens (tertiary/aromatic N) is 1. The molecule has 0 atom stereocenters. The van der Waals surface area contributed by atoms with Gasteiger partial charge in [-0.1, -0.05) is 12.1 Å². The van der Waals surface area contributed by atoms with Crippen LogP contribution in [0.2, 0.25) is 0 Å². The molecule has 0 aliphatic heterocycles. The van der Waals surface area contributed by atoms with E-state index >= 15 is 0 Å². The Morgan fingerprint density at radius 3 is 2.90 bits per heavy atom. The van der Waals surface area contributed by atoms with Crippen LogP contribution in [0.15, 0.2) is 42.5 Å². The lowest BCUT2D eigenvalue weighted by molar-refractivity contribution is 0.0697. The minimum atomic E-state index is -0.985. The molecule has 1 heterocycles. The van der Waals surface area contributed by atoms with E-state index in [1.54, 1.807) is 18.2 Å². The fourth-order valence-electron chi connectivity index (χ4n) is 2.06. The Morgan fingerprint density at radius 1 is 1.29 bits per heavy atom. The zero-order valence-corrected chi connectivity index (χ0v) is 10.9. The lowest BCUT2D eigenvalue weighted by Gasteiger charge is -2.02. The first-order valence-corrected chi connectivity index (χ1v) is 6.33. The van der Waals surface area contributed by atoms with Gasteiger partial charge in [0.1, 0.15) is 5.82 Å². The molecule has 106 valence electrons. The van der Waals surface area contributed by atoms with Gasteiger partial charge in [-0.25, -0.2) is 14.2 Å². The van der Waals surface area contributed by atoms with Crippen molar-refractivity contribution in [2.45, 2.75) is 6.54 Å². The van der Waals surface area contributed by atoms with E-state index in [9.17, 15) is 9.18 Å². The molecule has 0 saturated carbocycles. The Labute approximate surface area is 119 Å². The monoisotopic (exact) mass is 285 g/mol. The first kappa shape index (κ1) is 13.1. The number of anilines is 1. The summed E-state index contributed by atoms with van der Waals surface area (Å²) in [5.41, 5.74) is 2.29. The molecule has 6 heteroatoms. The summed E-state index contributed by atoms with van der Waals surface area (Å²) in [6.07, 6.45) is 0. The highest BCUT2D eigenvalue weighted by atomic mass is 19.1. The van der Waals surface area contributed by atoms with E-state index < -0.39 is 5.97 Å². The number of halogens is 1. The van der Waals surface area contributed by atoms with Crippen LogP contribution in [0.3, 0.4) is 0 Å². The van der Waals surface area contributed by atoms with Crippen molar-refractivity contribution < 1.29 is 14.3 Å². The third-order valence-corrected chi connectivity index (χ3v) is 3.08. The summed E-state index contributed by atoms with van der Waals surface area (Å²) in [6, 6.07) is 10.9. The third-order valence-electron chi connectivity index (χ3n) is 3.08. The van der Waals surface area contributed by atoms with Crippen molar-refractivity contribution in [2.24, 2.45) is 0 Å². The van der Waals surface area contributed by atoms with Crippen molar-refractivity contribution >= 4 is 23.0 Å². The Bertz CT molecular complexity index is 814. The minimum Gasteiger partial charge on any atom is -0.478 e. The van der Waals surface area contributed by atoms with Gasteiger partial charge in [0.2, 0.25) is 5.95 Å². The number of aromatic carboxylic acids is 1. The largest absolute Gasteiger partial charge is 0.478 e. The van der Waals surface area contributed by atoms with E-state index in [1.165, 1.54) is 24.3 Å². The van der Waals surface area contributed by atoms with Gasteiger partial charge in [0.25, 0.3) is 0 Å². The van der Waals surface area contributed by atoms with Crippen LogP contribution >= 0.6 is 0 Å². The molecule has 2 aromatic carbocycles. The molecule has 0 fully saturated rings. The Morgan fingerprint density at radius 2 is 2.14 bits per heavy atom. The Balaban J connectivity index is 1.80. The molecule has 21 heavy (non-hydrogen) atoms. The van der Waals surface area contributed by atoms with Crippen LogP contribution in [0.4, 0.5) is 10.3 Å². The SMILES string of the molecule is O=C(O)c1ccc2nc(NCc3cccc(F)c3)[nH]c2c1. The molecule has 5 nitrogen and oxygen atoms in total. The standard InChI is InChI=1S/C15H12FN3O2/c16-11-3-1-2-9(6-11)8-17-15-18-12-5-4-10(14(20)21)7-13(12)19-15/h1-7H,8H2,(H,20,21)(H2,17,18,19). The summed E-state index contributed by atoms with van der Waals surface area (Å²) < 4.78 is 13.1. The second kappa shape index (κ2) is 5.24. The second-order valence-electron chi connectivity index (χ2n) is 4.61. The molecule has 0 spiro atoms. The summed E-state index contributed by atoms with van der Waals surface area (Å²) in [7, 11) is 0. The summed E-state index contributed by atoms with van der Waals surface area (Å²) in [4.78, 5) is 18.2. The number of imidazole rings is 1. The van der Waals surface area contributed by atoms with Gasteiger partial charge in [0, 0.05) is 6.54 Å². The Hall–Kier alpha value is -2.89. The zero-order valence-electron chi connectivity index (χ0n) is 10.9. The number of carboxylic acid groups (broad SMARTS) is 1. The zero-order chi connectivity index (χ0) is 14.8. The molecular formula is C15H12FN3O2. The maximum absolute atomic E-state index is 13.1. The molecule has 3 N–H and O–H groups in total. The van der Waals surface area contributed by atoms with Gasteiger partial charge >= 0.3 is 5.97 Å². The van der Waals surface area contributed by atoms with Crippen LogP contribution in [-0.4, -0.2) is 21.0 Å².